The summed E-state index contributed by atoms with van der Waals surface area (Å²) < 4.78 is 0. The predicted molar refractivity (Wildman–Crippen MR) is 96.4 cm³/mol. The monoisotopic (exact) mass is 307 g/mol. The molecule has 0 amide bonds. The van der Waals surface area contributed by atoms with Gasteiger partial charge in [-0.1, -0.05) is 12.5 Å². The van der Waals surface area contributed by atoms with Crippen molar-refractivity contribution >= 4 is 0 Å². The fourth-order valence-corrected chi connectivity index (χ4v) is 4.79. The number of hydrogen-bond donors (Lipinski definition) is 1. The standard InChI is InChI=1S/C19H37N3/c1-7-16(2)17(18(3,4)21-12-8-9-13-21)19(5,6)22-14-10-20-11-15-22/h20H,7-15H2,1-6H3. The van der Waals surface area contributed by atoms with Gasteiger partial charge in [0, 0.05) is 37.3 Å². The van der Waals surface area contributed by atoms with Crippen LogP contribution < -0.4 is 5.32 Å². The highest BCUT2D eigenvalue weighted by Crippen LogP contribution is 2.40. The molecule has 0 radical (unpaired) electrons. The quantitative estimate of drug-likeness (QED) is 0.787. The van der Waals surface area contributed by atoms with Gasteiger partial charge in [-0.3, -0.25) is 9.80 Å². The van der Waals surface area contributed by atoms with E-state index in [2.05, 4.69) is 56.7 Å². The molecule has 0 saturated carbocycles. The Morgan fingerprint density at radius 3 is 1.77 bits per heavy atom. The van der Waals surface area contributed by atoms with Crippen LogP contribution in [0.1, 0.15) is 60.8 Å². The van der Waals surface area contributed by atoms with Gasteiger partial charge in [-0.2, -0.15) is 0 Å². The maximum atomic E-state index is 3.49. The largest absolute Gasteiger partial charge is 0.314 e. The van der Waals surface area contributed by atoms with E-state index in [9.17, 15) is 0 Å². The summed E-state index contributed by atoms with van der Waals surface area (Å²) in [6.07, 6.45) is 3.87. The molecule has 2 heterocycles. The normalized spacial score (nSPS) is 23.7. The lowest BCUT2D eigenvalue weighted by Crippen LogP contribution is -2.59. The summed E-state index contributed by atoms with van der Waals surface area (Å²) in [5, 5.41) is 3.49. The van der Waals surface area contributed by atoms with Crippen molar-refractivity contribution in [1.29, 1.82) is 0 Å². The molecule has 2 rings (SSSR count). The Bertz CT molecular complexity index is 397. The van der Waals surface area contributed by atoms with Gasteiger partial charge in [0.15, 0.2) is 0 Å². The van der Waals surface area contributed by atoms with Gasteiger partial charge in [0.05, 0.1) is 0 Å². The maximum absolute atomic E-state index is 3.49. The van der Waals surface area contributed by atoms with E-state index in [4.69, 9.17) is 0 Å². The molecule has 0 aromatic heterocycles. The van der Waals surface area contributed by atoms with Crippen molar-refractivity contribution in [3.8, 4) is 0 Å². The highest BCUT2D eigenvalue weighted by atomic mass is 15.3. The molecule has 0 aromatic carbocycles. The molecule has 22 heavy (non-hydrogen) atoms. The lowest BCUT2D eigenvalue weighted by molar-refractivity contribution is 0.0893. The van der Waals surface area contributed by atoms with Gasteiger partial charge in [0.25, 0.3) is 0 Å². The van der Waals surface area contributed by atoms with Crippen LogP contribution in [0.15, 0.2) is 11.1 Å². The topological polar surface area (TPSA) is 18.5 Å². The summed E-state index contributed by atoms with van der Waals surface area (Å²) in [6.45, 7) is 21.5. The van der Waals surface area contributed by atoms with E-state index in [-0.39, 0.29) is 11.1 Å². The lowest BCUT2D eigenvalue weighted by Gasteiger charge is -2.51. The molecular weight excluding hydrogens is 270 g/mol. The molecule has 3 nitrogen and oxygen atoms in total. The number of hydrogen-bond acceptors (Lipinski definition) is 3. The summed E-state index contributed by atoms with van der Waals surface area (Å²) in [5.74, 6) is 0. The van der Waals surface area contributed by atoms with Crippen LogP contribution in [0.3, 0.4) is 0 Å². The second kappa shape index (κ2) is 7.02. The minimum absolute atomic E-state index is 0.133. The third-order valence-corrected chi connectivity index (χ3v) is 5.98. The number of nitrogens with zero attached hydrogens (tertiary/aromatic N) is 2. The second-order valence-corrected chi connectivity index (χ2v) is 8.06. The van der Waals surface area contributed by atoms with Crippen LogP contribution in [-0.4, -0.2) is 60.1 Å². The van der Waals surface area contributed by atoms with Crippen molar-refractivity contribution in [3.63, 3.8) is 0 Å². The van der Waals surface area contributed by atoms with Gasteiger partial charge >= 0.3 is 0 Å². The Morgan fingerprint density at radius 2 is 1.32 bits per heavy atom. The maximum Gasteiger partial charge on any atom is 0.0385 e. The van der Waals surface area contributed by atoms with Crippen molar-refractivity contribution in [2.24, 2.45) is 0 Å². The fraction of sp³-hybridized carbons (Fsp3) is 0.895. The van der Waals surface area contributed by atoms with Crippen molar-refractivity contribution in [3.05, 3.63) is 11.1 Å². The van der Waals surface area contributed by atoms with Gasteiger partial charge in [-0.25, -0.2) is 0 Å². The van der Waals surface area contributed by atoms with Crippen LogP contribution in [0.4, 0.5) is 0 Å². The third kappa shape index (κ3) is 3.42. The minimum atomic E-state index is 0.133. The Labute approximate surface area is 138 Å². The Kier molecular flexibility index (Phi) is 5.73. The zero-order valence-electron chi connectivity index (χ0n) is 15.8. The zero-order chi connectivity index (χ0) is 16.4. The molecule has 128 valence electrons. The minimum Gasteiger partial charge on any atom is -0.314 e. The number of piperazine rings is 1. The Balaban J connectivity index is 2.37. The van der Waals surface area contributed by atoms with E-state index in [0.29, 0.717) is 0 Å². The van der Waals surface area contributed by atoms with Gasteiger partial charge in [0.2, 0.25) is 0 Å². The molecule has 0 bridgehead atoms. The Morgan fingerprint density at radius 1 is 0.864 bits per heavy atom. The summed E-state index contributed by atoms with van der Waals surface area (Å²) in [4.78, 5) is 5.40. The molecule has 0 aliphatic carbocycles. The average molecular weight is 308 g/mol. The van der Waals surface area contributed by atoms with Crippen LogP contribution in [0.5, 0.6) is 0 Å². The Hall–Kier alpha value is -0.380. The molecule has 3 heteroatoms. The van der Waals surface area contributed by atoms with E-state index in [1.54, 1.807) is 11.1 Å². The van der Waals surface area contributed by atoms with E-state index in [1.807, 2.05) is 0 Å². The summed E-state index contributed by atoms with van der Waals surface area (Å²) >= 11 is 0. The van der Waals surface area contributed by atoms with E-state index < -0.39 is 0 Å². The molecule has 2 saturated heterocycles. The SMILES string of the molecule is CCC(C)=C(C(C)(C)N1CCCC1)C(C)(C)N1CCNCC1. The average Bonchev–Trinajstić information content (AvgIpc) is 3.02. The van der Waals surface area contributed by atoms with Crippen LogP contribution in [0.25, 0.3) is 0 Å². The molecule has 2 fully saturated rings. The molecule has 0 aromatic rings. The molecule has 0 spiro atoms. The first-order chi connectivity index (χ1) is 10.3. The molecule has 2 aliphatic heterocycles. The molecular formula is C19H37N3. The smallest absolute Gasteiger partial charge is 0.0385 e. The number of nitrogens with one attached hydrogen (secondary N) is 1. The van der Waals surface area contributed by atoms with Crippen LogP contribution >= 0.6 is 0 Å². The van der Waals surface area contributed by atoms with Crippen molar-refractivity contribution in [2.75, 3.05) is 39.3 Å². The number of rotatable bonds is 5. The summed E-state index contributed by atoms with van der Waals surface area (Å²) in [6, 6.07) is 0. The van der Waals surface area contributed by atoms with Gasteiger partial charge in [-0.05, 0) is 72.5 Å². The predicted octanol–water partition coefficient (Wildman–Crippen LogP) is 3.27. The zero-order valence-corrected chi connectivity index (χ0v) is 15.8. The van der Waals surface area contributed by atoms with E-state index in [0.717, 1.165) is 32.6 Å². The second-order valence-electron chi connectivity index (χ2n) is 8.06. The molecule has 1 N–H and O–H groups in total. The van der Waals surface area contributed by atoms with Gasteiger partial charge < -0.3 is 5.32 Å². The van der Waals surface area contributed by atoms with Crippen LogP contribution in [-0.2, 0) is 0 Å². The highest BCUT2D eigenvalue weighted by Gasteiger charge is 2.43. The van der Waals surface area contributed by atoms with Crippen molar-refractivity contribution in [2.45, 2.75) is 71.9 Å². The van der Waals surface area contributed by atoms with E-state index >= 15 is 0 Å². The third-order valence-electron chi connectivity index (χ3n) is 5.98. The van der Waals surface area contributed by atoms with E-state index in [1.165, 1.54) is 25.9 Å². The first-order valence-electron chi connectivity index (χ1n) is 9.23. The fourth-order valence-electron chi connectivity index (χ4n) is 4.79. The first kappa shape index (κ1) is 18.0. The first-order valence-corrected chi connectivity index (χ1v) is 9.23. The van der Waals surface area contributed by atoms with Crippen LogP contribution in [0.2, 0.25) is 0 Å². The number of allylic oxidation sites excluding steroid dienone is 1. The number of likely N-dealkylation sites (tertiary alicyclic amines) is 1. The molecule has 2 aliphatic rings. The molecule has 0 unspecified atom stereocenters. The van der Waals surface area contributed by atoms with Gasteiger partial charge in [0.1, 0.15) is 0 Å². The van der Waals surface area contributed by atoms with Crippen LogP contribution in [0, 0.1) is 0 Å². The van der Waals surface area contributed by atoms with Gasteiger partial charge in [-0.15, -0.1) is 0 Å². The van der Waals surface area contributed by atoms with Crippen molar-refractivity contribution < 1.29 is 0 Å². The summed E-state index contributed by atoms with van der Waals surface area (Å²) in [7, 11) is 0. The molecule has 0 atom stereocenters. The summed E-state index contributed by atoms with van der Waals surface area (Å²) in [5.41, 5.74) is 3.53. The lowest BCUT2D eigenvalue weighted by atomic mass is 9.75. The highest BCUT2D eigenvalue weighted by molar-refractivity contribution is 5.34. The van der Waals surface area contributed by atoms with Crippen molar-refractivity contribution in [1.82, 2.24) is 15.1 Å².